The smallest absolute Gasteiger partial charge is 0.748 e. The third kappa shape index (κ3) is 14.6. The molecule has 0 aromatic heterocycles. The standard InChI is InChI=1S/C10H19NO6S2.Na/c1-7(12)18-8(5-6-19(14,15)16)11-9(13)17-10(2,3)4;/h8H,5-6H2,1-4H3,(H,11,13)(H,14,15,16);/q;+1/p-1. The molecule has 20 heavy (non-hydrogen) atoms. The van der Waals surface area contributed by atoms with Gasteiger partial charge < -0.3 is 14.6 Å². The number of hydrogen-bond acceptors (Lipinski definition) is 7. The summed E-state index contributed by atoms with van der Waals surface area (Å²) >= 11 is 0.740. The molecule has 112 valence electrons. The van der Waals surface area contributed by atoms with Crippen LogP contribution in [0.5, 0.6) is 0 Å². The van der Waals surface area contributed by atoms with Crippen molar-refractivity contribution in [3.8, 4) is 0 Å². The van der Waals surface area contributed by atoms with Gasteiger partial charge in [0, 0.05) is 12.7 Å². The van der Waals surface area contributed by atoms with Gasteiger partial charge in [-0.1, -0.05) is 11.8 Å². The number of amides is 1. The van der Waals surface area contributed by atoms with Crippen molar-refractivity contribution in [2.45, 2.75) is 45.1 Å². The molecule has 0 aliphatic carbocycles. The number of carbonyl (C=O) groups excluding carboxylic acids is 2. The van der Waals surface area contributed by atoms with Crippen molar-refractivity contribution in [3.63, 3.8) is 0 Å². The van der Waals surface area contributed by atoms with Crippen molar-refractivity contribution in [3.05, 3.63) is 0 Å². The Labute approximate surface area is 145 Å². The second kappa shape index (κ2) is 9.26. The second-order valence-electron chi connectivity index (χ2n) is 4.79. The van der Waals surface area contributed by atoms with Crippen molar-refractivity contribution >= 4 is 33.1 Å². The van der Waals surface area contributed by atoms with Crippen molar-refractivity contribution in [1.82, 2.24) is 5.32 Å². The summed E-state index contributed by atoms with van der Waals surface area (Å²) in [5.74, 6) is -0.659. The first-order valence-corrected chi connectivity index (χ1v) is 7.95. The van der Waals surface area contributed by atoms with Crippen molar-refractivity contribution in [2.24, 2.45) is 0 Å². The van der Waals surface area contributed by atoms with Crippen LogP contribution < -0.4 is 34.9 Å². The first-order valence-electron chi connectivity index (χ1n) is 5.49. The topological polar surface area (TPSA) is 113 Å². The van der Waals surface area contributed by atoms with Crippen LogP contribution in [0, 0.1) is 0 Å². The van der Waals surface area contributed by atoms with E-state index in [1.807, 2.05) is 0 Å². The Balaban J connectivity index is 0. The van der Waals surface area contributed by atoms with Crippen LogP contribution in [0.4, 0.5) is 4.79 Å². The monoisotopic (exact) mass is 335 g/mol. The molecular weight excluding hydrogens is 317 g/mol. The molecule has 0 heterocycles. The summed E-state index contributed by atoms with van der Waals surface area (Å²) in [7, 11) is -4.39. The fourth-order valence-electron chi connectivity index (χ4n) is 1.05. The summed E-state index contributed by atoms with van der Waals surface area (Å²) in [5, 5.41) is 1.24. The molecule has 0 radical (unpaired) electrons. The van der Waals surface area contributed by atoms with Gasteiger partial charge in [0.1, 0.15) is 5.60 Å². The maximum atomic E-state index is 11.5. The predicted octanol–water partition coefficient (Wildman–Crippen LogP) is -1.94. The Morgan fingerprint density at radius 2 is 1.85 bits per heavy atom. The van der Waals surface area contributed by atoms with E-state index in [-0.39, 0.29) is 41.1 Å². The van der Waals surface area contributed by atoms with Crippen molar-refractivity contribution in [1.29, 1.82) is 0 Å². The molecule has 10 heteroatoms. The first-order chi connectivity index (χ1) is 8.39. The van der Waals surface area contributed by atoms with Gasteiger partial charge in [-0.3, -0.25) is 4.79 Å². The molecule has 0 spiro atoms. The molecule has 0 saturated heterocycles. The van der Waals surface area contributed by atoms with Gasteiger partial charge in [0.25, 0.3) is 0 Å². The summed E-state index contributed by atoms with van der Waals surface area (Å²) in [6, 6.07) is 0. The van der Waals surface area contributed by atoms with Gasteiger partial charge in [0.2, 0.25) is 0 Å². The Bertz CT molecular complexity index is 432. The first kappa shape index (κ1) is 22.5. The van der Waals surface area contributed by atoms with E-state index in [1.54, 1.807) is 20.8 Å². The Morgan fingerprint density at radius 1 is 1.35 bits per heavy atom. The van der Waals surface area contributed by atoms with Gasteiger partial charge in [0.05, 0.1) is 15.5 Å². The van der Waals surface area contributed by atoms with Crippen LogP contribution >= 0.6 is 11.8 Å². The van der Waals surface area contributed by atoms with Gasteiger partial charge in [-0.2, -0.15) is 0 Å². The van der Waals surface area contributed by atoms with Gasteiger partial charge in [-0.05, 0) is 27.2 Å². The van der Waals surface area contributed by atoms with Crippen LogP contribution in [0.1, 0.15) is 34.1 Å². The Morgan fingerprint density at radius 3 is 2.20 bits per heavy atom. The third-order valence-electron chi connectivity index (χ3n) is 1.62. The molecule has 1 unspecified atom stereocenters. The number of thioether (sulfide) groups is 1. The number of rotatable bonds is 5. The molecule has 0 saturated carbocycles. The van der Waals surface area contributed by atoms with Gasteiger partial charge in [0.15, 0.2) is 5.12 Å². The minimum atomic E-state index is -4.39. The fraction of sp³-hybridized carbons (Fsp3) is 0.800. The van der Waals surface area contributed by atoms with E-state index in [9.17, 15) is 22.6 Å². The van der Waals surface area contributed by atoms with Crippen LogP contribution in [0.3, 0.4) is 0 Å². The normalized spacial score (nSPS) is 13.1. The summed E-state index contributed by atoms with van der Waals surface area (Å²) in [5.41, 5.74) is -0.708. The van der Waals surface area contributed by atoms with E-state index in [0.717, 1.165) is 11.8 Å². The minimum absolute atomic E-state index is 0. The molecule has 0 fully saturated rings. The summed E-state index contributed by atoms with van der Waals surface area (Å²) in [4.78, 5) is 22.5. The van der Waals surface area contributed by atoms with Crippen LogP contribution in [0.25, 0.3) is 0 Å². The maximum Gasteiger partial charge on any atom is 1.00 e. The van der Waals surface area contributed by atoms with Gasteiger partial charge in [-0.15, -0.1) is 0 Å². The molecular formula is C10H18NNaO6S2. The molecule has 0 bridgehead atoms. The molecule has 1 atom stereocenters. The predicted molar refractivity (Wildman–Crippen MR) is 70.6 cm³/mol. The summed E-state index contributed by atoms with van der Waals surface area (Å²) in [6.45, 7) is 6.28. The molecule has 0 rings (SSSR count). The van der Waals surface area contributed by atoms with Crippen molar-refractivity contribution in [2.75, 3.05) is 5.75 Å². The maximum absolute atomic E-state index is 11.5. The number of hydrogen-bond donors (Lipinski definition) is 1. The molecule has 0 aliphatic heterocycles. The summed E-state index contributed by atoms with van der Waals surface area (Å²) in [6.07, 6.45) is -0.926. The largest absolute Gasteiger partial charge is 1.00 e. The van der Waals surface area contributed by atoms with E-state index in [4.69, 9.17) is 4.74 Å². The van der Waals surface area contributed by atoms with Gasteiger partial charge >= 0.3 is 35.7 Å². The zero-order chi connectivity index (χ0) is 15.3. The van der Waals surface area contributed by atoms with E-state index >= 15 is 0 Å². The number of alkyl carbamates (subject to hydrolysis) is 1. The van der Waals surface area contributed by atoms with E-state index in [1.165, 1.54) is 6.92 Å². The van der Waals surface area contributed by atoms with Gasteiger partial charge in [-0.25, -0.2) is 13.2 Å². The molecule has 0 aromatic carbocycles. The van der Waals surface area contributed by atoms with E-state index in [0.29, 0.717) is 0 Å². The average Bonchev–Trinajstić information content (AvgIpc) is 2.08. The Hall–Kier alpha value is 0.200. The quantitative estimate of drug-likeness (QED) is 0.353. The van der Waals surface area contributed by atoms with Crippen LogP contribution in [-0.2, 0) is 19.6 Å². The molecule has 7 nitrogen and oxygen atoms in total. The summed E-state index contributed by atoms with van der Waals surface area (Å²) < 4.78 is 36.6. The van der Waals surface area contributed by atoms with Crippen LogP contribution in [0.2, 0.25) is 0 Å². The second-order valence-corrected chi connectivity index (χ2v) is 7.70. The fourth-order valence-corrected chi connectivity index (χ4v) is 2.52. The number of carbonyl (C=O) groups is 2. The number of nitrogens with one attached hydrogen (secondary N) is 1. The van der Waals surface area contributed by atoms with Crippen LogP contribution in [0.15, 0.2) is 0 Å². The molecule has 0 aromatic rings. The molecule has 0 aliphatic rings. The Kier molecular flexibility index (Phi) is 10.4. The minimum Gasteiger partial charge on any atom is -0.748 e. The van der Waals surface area contributed by atoms with E-state index < -0.39 is 32.9 Å². The SMILES string of the molecule is CC(=O)SC(CCS(=O)(=O)[O-])NC(=O)OC(C)(C)C.[Na+]. The van der Waals surface area contributed by atoms with Crippen LogP contribution in [-0.4, -0.2) is 40.9 Å². The number of ether oxygens (including phenoxy) is 1. The van der Waals surface area contributed by atoms with Crippen molar-refractivity contribution < 1.29 is 56.9 Å². The zero-order valence-corrected chi connectivity index (χ0v) is 15.9. The zero-order valence-electron chi connectivity index (χ0n) is 12.3. The molecule has 1 amide bonds. The average molecular weight is 335 g/mol. The van der Waals surface area contributed by atoms with E-state index in [2.05, 4.69) is 5.32 Å². The third-order valence-corrected chi connectivity index (χ3v) is 3.32. The molecule has 1 N–H and O–H groups in total.